The van der Waals surface area contributed by atoms with Crippen molar-refractivity contribution >= 4 is 21.4 Å². The third-order valence-corrected chi connectivity index (χ3v) is 6.39. The number of nitrogens with zero attached hydrogens (tertiary/aromatic N) is 3. The number of hydrogen-bond donors (Lipinski definition) is 1. The van der Waals surface area contributed by atoms with Crippen molar-refractivity contribution in [1.29, 1.82) is 5.26 Å². The first-order valence-electron chi connectivity index (χ1n) is 10.8. The Morgan fingerprint density at radius 1 is 0.969 bits per heavy atom. The van der Waals surface area contributed by atoms with Gasteiger partial charge in [-0.3, -0.25) is 9.69 Å². The number of amides is 1. The topological polar surface area (TPSA) is 93.5 Å². The molecular weight excluding hydrogens is 424 g/mol. The molecule has 2 rings (SSSR count). The van der Waals surface area contributed by atoms with Gasteiger partial charge >= 0.3 is 0 Å². The number of hydrogen-bond acceptors (Lipinski definition) is 6. The molecule has 0 saturated carbocycles. The van der Waals surface area contributed by atoms with E-state index in [1.165, 1.54) is 12.1 Å². The Kier molecular flexibility index (Phi) is 9.85. The van der Waals surface area contributed by atoms with Crippen LogP contribution in [0.3, 0.4) is 0 Å². The van der Waals surface area contributed by atoms with Gasteiger partial charge in [0.05, 0.1) is 23.1 Å². The predicted octanol–water partition coefficient (Wildman–Crippen LogP) is 3.13. The summed E-state index contributed by atoms with van der Waals surface area (Å²) in [6.07, 6.45) is 2.09. The molecule has 0 aliphatic rings. The first-order chi connectivity index (χ1) is 15.2. The predicted molar refractivity (Wildman–Crippen MR) is 127 cm³/mol. The number of carbonyl (C=O) groups excluding carboxylic acids is 1. The van der Waals surface area contributed by atoms with E-state index in [4.69, 9.17) is 5.26 Å². The molecule has 8 heteroatoms. The second-order valence-electron chi connectivity index (χ2n) is 7.74. The minimum atomic E-state index is -3.27. The Hall–Kier alpha value is -2.73. The van der Waals surface area contributed by atoms with E-state index in [9.17, 15) is 13.2 Å². The molecule has 2 aromatic carbocycles. The van der Waals surface area contributed by atoms with Gasteiger partial charge in [0, 0.05) is 25.0 Å². The van der Waals surface area contributed by atoms with Crippen molar-refractivity contribution < 1.29 is 13.2 Å². The molecule has 0 aliphatic carbocycles. The van der Waals surface area contributed by atoms with Crippen molar-refractivity contribution in [3.8, 4) is 6.07 Å². The first kappa shape index (κ1) is 25.5. The Morgan fingerprint density at radius 2 is 1.56 bits per heavy atom. The molecule has 0 fully saturated rings. The maximum atomic E-state index is 12.7. The third-order valence-electron chi connectivity index (χ3n) is 5.27. The van der Waals surface area contributed by atoms with E-state index in [1.54, 1.807) is 24.3 Å². The van der Waals surface area contributed by atoms with Crippen LogP contribution >= 0.6 is 0 Å². The monoisotopic (exact) mass is 456 g/mol. The lowest BCUT2D eigenvalue weighted by Gasteiger charge is -2.24. The molecule has 0 unspecified atom stereocenters. The fourth-order valence-electron chi connectivity index (χ4n) is 3.40. The molecule has 0 heterocycles. The van der Waals surface area contributed by atoms with Gasteiger partial charge in [-0.05, 0) is 68.0 Å². The smallest absolute Gasteiger partial charge is 0.238 e. The number of benzene rings is 2. The van der Waals surface area contributed by atoms with Gasteiger partial charge < -0.3 is 10.2 Å². The van der Waals surface area contributed by atoms with E-state index in [0.717, 1.165) is 44.4 Å². The van der Waals surface area contributed by atoms with E-state index >= 15 is 0 Å². The van der Waals surface area contributed by atoms with Crippen molar-refractivity contribution in [2.24, 2.45) is 0 Å². The number of nitriles is 1. The molecule has 1 amide bonds. The van der Waals surface area contributed by atoms with E-state index < -0.39 is 9.84 Å². The van der Waals surface area contributed by atoms with Gasteiger partial charge in [-0.15, -0.1) is 0 Å². The van der Waals surface area contributed by atoms with Crippen LogP contribution in [0.2, 0.25) is 0 Å². The molecular formula is C24H32N4O3S. The van der Waals surface area contributed by atoms with Crippen molar-refractivity contribution in [1.82, 2.24) is 9.80 Å². The summed E-state index contributed by atoms with van der Waals surface area (Å²) in [5, 5.41) is 11.8. The molecule has 0 atom stereocenters. The average molecular weight is 457 g/mol. The van der Waals surface area contributed by atoms with Gasteiger partial charge in [-0.2, -0.15) is 5.26 Å². The zero-order valence-corrected chi connectivity index (χ0v) is 19.9. The van der Waals surface area contributed by atoms with Crippen molar-refractivity contribution in [3.63, 3.8) is 0 Å². The zero-order chi connectivity index (χ0) is 23.6. The highest BCUT2D eigenvalue weighted by atomic mass is 32.2. The molecule has 0 saturated heterocycles. The molecule has 0 radical (unpaired) electrons. The van der Waals surface area contributed by atoms with Crippen LogP contribution in [0.15, 0.2) is 53.4 Å². The van der Waals surface area contributed by atoms with Crippen LogP contribution in [0.1, 0.15) is 31.4 Å². The summed E-state index contributed by atoms with van der Waals surface area (Å²) in [7, 11) is -3.27. The van der Waals surface area contributed by atoms with Crippen LogP contribution in [0, 0.1) is 11.3 Å². The summed E-state index contributed by atoms with van der Waals surface area (Å²) >= 11 is 0. The Labute approximate surface area is 191 Å². The van der Waals surface area contributed by atoms with E-state index in [2.05, 4.69) is 35.0 Å². The zero-order valence-electron chi connectivity index (χ0n) is 19.0. The molecule has 7 nitrogen and oxygen atoms in total. The minimum absolute atomic E-state index is 0.159. The molecule has 32 heavy (non-hydrogen) atoms. The van der Waals surface area contributed by atoms with Gasteiger partial charge in [0.1, 0.15) is 0 Å². The quantitative estimate of drug-likeness (QED) is 0.527. The first-order valence-corrected chi connectivity index (χ1v) is 12.7. The SMILES string of the molecule is CCN(CC)CCCN(CC(=O)Nc1ccc(S(C)(=O)=O)cc1)Cc1ccc(C#N)cc1. The number of carbonyl (C=O) groups is 1. The van der Waals surface area contributed by atoms with Gasteiger partial charge in [0.2, 0.25) is 5.91 Å². The summed E-state index contributed by atoms with van der Waals surface area (Å²) < 4.78 is 23.2. The maximum absolute atomic E-state index is 12.7. The summed E-state index contributed by atoms with van der Waals surface area (Å²) in [5.74, 6) is -0.159. The Morgan fingerprint density at radius 3 is 2.09 bits per heavy atom. The van der Waals surface area contributed by atoms with Gasteiger partial charge in [-0.25, -0.2) is 8.42 Å². The summed E-state index contributed by atoms with van der Waals surface area (Å²) in [4.78, 5) is 17.3. The van der Waals surface area contributed by atoms with E-state index in [-0.39, 0.29) is 17.3 Å². The lowest BCUT2D eigenvalue weighted by Crippen LogP contribution is -2.35. The number of sulfone groups is 1. The van der Waals surface area contributed by atoms with Crippen molar-refractivity contribution in [3.05, 3.63) is 59.7 Å². The summed E-state index contributed by atoms with van der Waals surface area (Å²) in [6, 6.07) is 15.7. The second kappa shape index (κ2) is 12.3. The molecule has 2 aromatic rings. The van der Waals surface area contributed by atoms with Crippen LogP contribution in [0.25, 0.3) is 0 Å². The molecule has 0 bridgehead atoms. The van der Waals surface area contributed by atoms with Crippen LogP contribution in [-0.2, 0) is 21.2 Å². The molecule has 0 aliphatic heterocycles. The summed E-state index contributed by atoms with van der Waals surface area (Å²) in [5.41, 5.74) is 2.21. The molecule has 0 aromatic heterocycles. The van der Waals surface area contributed by atoms with Crippen LogP contribution in [-0.4, -0.2) is 63.1 Å². The highest BCUT2D eigenvalue weighted by Gasteiger charge is 2.13. The van der Waals surface area contributed by atoms with Crippen molar-refractivity contribution in [2.45, 2.75) is 31.7 Å². The van der Waals surface area contributed by atoms with Crippen LogP contribution in [0.4, 0.5) is 5.69 Å². The highest BCUT2D eigenvalue weighted by molar-refractivity contribution is 7.90. The Balaban J connectivity index is 2.02. The molecule has 1 N–H and O–H groups in total. The fraction of sp³-hybridized carbons (Fsp3) is 0.417. The lowest BCUT2D eigenvalue weighted by atomic mass is 10.1. The molecule has 172 valence electrons. The maximum Gasteiger partial charge on any atom is 0.238 e. The van der Waals surface area contributed by atoms with E-state index in [0.29, 0.717) is 17.8 Å². The average Bonchev–Trinajstić information content (AvgIpc) is 2.77. The van der Waals surface area contributed by atoms with Crippen LogP contribution in [0.5, 0.6) is 0 Å². The third kappa shape index (κ3) is 8.42. The van der Waals surface area contributed by atoms with Crippen molar-refractivity contribution in [2.75, 3.05) is 44.3 Å². The van der Waals surface area contributed by atoms with Gasteiger partial charge in [0.25, 0.3) is 0 Å². The van der Waals surface area contributed by atoms with Gasteiger partial charge in [0.15, 0.2) is 9.84 Å². The normalized spacial score (nSPS) is 11.5. The minimum Gasteiger partial charge on any atom is -0.325 e. The Bertz CT molecular complexity index is 1010. The highest BCUT2D eigenvalue weighted by Crippen LogP contribution is 2.14. The van der Waals surface area contributed by atoms with Crippen LogP contribution < -0.4 is 5.32 Å². The number of nitrogens with one attached hydrogen (secondary N) is 1. The number of rotatable bonds is 12. The second-order valence-corrected chi connectivity index (χ2v) is 9.76. The van der Waals surface area contributed by atoms with E-state index in [1.807, 2.05) is 12.1 Å². The molecule has 0 spiro atoms. The largest absolute Gasteiger partial charge is 0.325 e. The van der Waals surface area contributed by atoms with Gasteiger partial charge in [-0.1, -0.05) is 26.0 Å². The number of anilines is 1. The lowest BCUT2D eigenvalue weighted by molar-refractivity contribution is -0.117. The fourth-order valence-corrected chi connectivity index (χ4v) is 4.03. The standard InChI is InChI=1S/C24H32N4O3S/c1-4-27(5-2)15-6-16-28(18-21-9-7-20(17-25)8-10-21)19-24(29)26-22-11-13-23(14-12-22)32(3,30)31/h7-14H,4-6,15-16,18-19H2,1-3H3,(H,26,29). The summed E-state index contributed by atoms with van der Waals surface area (Å²) in [6.45, 7) is 8.81.